The highest BCUT2D eigenvalue weighted by Crippen LogP contribution is 2.15. The average Bonchev–Trinajstić information content (AvgIpc) is 2.46. The van der Waals surface area contributed by atoms with Crippen LogP contribution in [0.5, 0.6) is 0 Å². The molecule has 1 rings (SSSR count). The van der Waals surface area contributed by atoms with E-state index in [0.29, 0.717) is 6.42 Å². The zero-order chi connectivity index (χ0) is 13.9. The van der Waals surface area contributed by atoms with Gasteiger partial charge in [-0.2, -0.15) is 0 Å². The molecule has 1 aromatic carbocycles. The van der Waals surface area contributed by atoms with E-state index in [0.717, 1.165) is 25.7 Å². The minimum Gasteiger partial charge on any atom is -0.396 e. The number of ether oxygens (including phenoxy) is 2. The Morgan fingerprint density at radius 1 is 0.947 bits per heavy atom. The van der Waals surface area contributed by atoms with Gasteiger partial charge in [-0.25, -0.2) is 0 Å². The maximum Gasteiger partial charge on any atom is 0.0854 e. The summed E-state index contributed by atoms with van der Waals surface area (Å²) in [5.74, 6) is 0. The minimum atomic E-state index is -0.00766. The van der Waals surface area contributed by atoms with Crippen LogP contribution in [0.25, 0.3) is 0 Å². The second-order valence-corrected chi connectivity index (χ2v) is 4.79. The average molecular weight is 266 g/mol. The third kappa shape index (κ3) is 6.19. The van der Waals surface area contributed by atoms with E-state index in [4.69, 9.17) is 14.6 Å². The first-order chi connectivity index (χ1) is 9.31. The molecule has 0 fully saturated rings. The van der Waals surface area contributed by atoms with Gasteiger partial charge in [0.2, 0.25) is 0 Å². The molecule has 3 nitrogen and oxygen atoms in total. The van der Waals surface area contributed by atoms with Crippen molar-refractivity contribution in [3.05, 3.63) is 35.9 Å². The quantitative estimate of drug-likeness (QED) is 0.662. The van der Waals surface area contributed by atoms with Gasteiger partial charge in [0.25, 0.3) is 0 Å². The molecule has 2 unspecified atom stereocenters. The lowest BCUT2D eigenvalue weighted by atomic mass is 10.0. The number of methoxy groups -OCH3 is 2. The summed E-state index contributed by atoms with van der Waals surface area (Å²) in [5, 5.41) is 9.00. The Kier molecular flexibility index (Phi) is 8.47. The van der Waals surface area contributed by atoms with Gasteiger partial charge in [-0.3, -0.25) is 0 Å². The molecule has 0 aliphatic heterocycles. The highest BCUT2D eigenvalue weighted by molar-refractivity contribution is 5.14. The summed E-state index contributed by atoms with van der Waals surface area (Å²) in [6.07, 6.45) is 5.04. The van der Waals surface area contributed by atoms with Crippen molar-refractivity contribution in [2.24, 2.45) is 0 Å². The molecule has 0 heterocycles. The molecule has 0 amide bonds. The first-order valence-electron chi connectivity index (χ1n) is 7.02. The summed E-state index contributed by atoms with van der Waals surface area (Å²) in [6.45, 7) is 0.141. The normalized spacial score (nSPS) is 14.3. The molecule has 0 spiro atoms. The number of unbranched alkanes of at least 4 members (excludes halogenated alkanes) is 1. The van der Waals surface area contributed by atoms with Gasteiger partial charge in [0.1, 0.15) is 0 Å². The van der Waals surface area contributed by atoms with Crippen molar-refractivity contribution in [3.63, 3.8) is 0 Å². The Labute approximate surface area is 116 Å². The molecule has 0 saturated carbocycles. The first-order valence-corrected chi connectivity index (χ1v) is 7.02. The summed E-state index contributed by atoms with van der Waals surface area (Å²) in [6, 6.07) is 10.5. The molecule has 0 aliphatic carbocycles. The van der Waals surface area contributed by atoms with E-state index < -0.39 is 0 Å². The van der Waals surface area contributed by atoms with E-state index in [9.17, 15) is 0 Å². The fourth-order valence-corrected chi connectivity index (χ4v) is 2.36. The second-order valence-electron chi connectivity index (χ2n) is 4.79. The molecule has 108 valence electrons. The van der Waals surface area contributed by atoms with Crippen molar-refractivity contribution in [2.75, 3.05) is 20.8 Å². The van der Waals surface area contributed by atoms with Crippen molar-refractivity contribution < 1.29 is 14.6 Å². The van der Waals surface area contributed by atoms with Gasteiger partial charge in [-0.1, -0.05) is 36.8 Å². The maximum absolute atomic E-state index is 9.00. The smallest absolute Gasteiger partial charge is 0.0854 e. The number of hydrogen-bond acceptors (Lipinski definition) is 3. The number of hydrogen-bond donors (Lipinski definition) is 1. The molecule has 1 aromatic rings. The van der Waals surface area contributed by atoms with Crippen LogP contribution < -0.4 is 0 Å². The number of benzene rings is 1. The van der Waals surface area contributed by atoms with Crippen LogP contribution in [0.3, 0.4) is 0 Å². The van der Waals surface area contributed by atoms with Crippen LogP contribution in [0.4, 0.5) is 0 Å². The monoisotopic (exact) mass is 266 g/mol. The lowest BCUT2D eigenvalue weighted by molar-refractivity contribution is -0.0497. The van der Waals surface area contributed by atoms with Gasteiger partial charge < -0.3 is 14.6 Å². The topological polar surface area (TPSA) is 38.7 Å². The zero-order valence-corrected chi connectivity index (χ0v) is 12.0. The molecule has 2 atom stereocenters. The van der Waals surface area contributed by atoms with E-state index in [-0.39, 0.29) is 18.8 Å². The van der Waals surface area contributed by atoms with Crippen LogP contribution in [0.15, 0.2) is 30.3 Å². The number of rotatable bonds is 10. The van der Waals surface area contributed by atoms with Crippen molar-refractivity contribution in [3.8, 4) is 0 Å². The van der Waals surface area contributed by atoms with E-state index in [1.807, 2.05) is 6.07 Å². The van der Waals surface area contributed by atoms with Crippen LogP contribution in [0, 0.1) is 0 Å². The van der Waals surface area contributed by atoms with Gasteiger partial charge in [0, 0.05) is 20.8 Å². The largest absolute Gasteiger partial charge is 0.396 e. The SMILES string of the molecule is COC(CCO)C(CCCCc1ccccc1)OC. The van der Waals surface area contributed by atoms with Gasteiger partial charge in [-0.15, -0.1) is 0 Å². The summed E-state index contributed by atoms with van der Waals surface area (Å²) in [4.78, 5) is 0. The van der Waals surface area contributed by atoms with Gasteiger partial charge in [0.05, 0.1) is 12.2 Å². The van der Waals surface area contributed by atoms with Crippen LogP contribution in [0.1, 0.15) is 31.2 Å². The summed E-state index contributed by atoms with van der Waals surface area (Å²) in [7, 11) is 3.39. The molecular formula is C16H26O3. The van der Waals surface area contributed by atoms with E-state index >= 15 is 0 Å². The molecule has 0 radical (unpaired) electrons. The standard InChI is InChI=1S/C16H26O3/c1-18-15(16(19-2)12-13-17)11-7-6-10-14-8-4-3-5-9-14/h3-5,8-9,15-17H,6-7,10-13H2,1-2H3. The number of aryl methyl sites for hydroxylation is 1. The molecule has 0 bridgehead atoms. The second kappa shape index (κ2) is 9.96. The highest BCUT2D eigenvalue weighted by atomic mass is 16.5. The van der Waals surface area contributed by atoms with Gasteiger partial charge in [-0.05, 0) is 31.2 Å². The van der Waals surface area contributed by atoms with Gasteiger partial charge in [0.15, 0.2) is 0 Å². The van der Waals surface area contributed by atoms with E-state index in [2.05, 4.69) is 24.3 Å². The Hall–Kier alpha value is -0.900. The third-order valence-electron chi connectivity index (χ3n) is 3.48. The summed E-state index contributed by atoms with van der Waals surface area (Å²) < 4.78 is 10.8. The summed E-state index contributed by atoms with van der Waals surface area (Å²) >= 11 is 0. The number of aliphatic hydroxyl groups is 1. The van der Waals surface area contributed by atoms with Crippen molar-refractivity contribution in [1.29, 1.82) is 0 Å². The molecule has 3 heteroatoms. The van der Waals surface area contributed by atoms with Crippen LogP contribution in [-0.4, -0.2) is 38.1 Å². The Bertz CT molecular complexity index is 313. The van der Waals surface area contributed by atoms with Crippen LogP contribution in [0.2, 0.25) is 0 Å². The molecular weight excluding hydrogens is 240 g/mol. The van der Waals surface area contributed by atoms with Crippen molar-refractivity contribution in [1.82, 2.24) is 0 Å². The predicted octanol–water partition coefficient (Wildman–Crippen LogP) is 2.81. The molecule has 0 aliphatic rings. The summed E-state index contributed by atoms with van der Waals surface area (Å²) in [5.41, 5.74) is 1.38. The highest BCUT2D eigenvalue weighted by Gasteiger charge is 2.19. The Balaban J connectivity index is 2.25. The minimum absolute atomic E-state index is 0.00766. The molecule has 19 heavy (non-hydrogen) atoms. The fourth-order valence-electron chi connectivity index (χ4n) is 2.36. The van der Waals surface area contributed by atoms with Crippen LogP contribution in [-0.2, 0) is 15.9 Å². The zero-order valence-electron chi connectivity index (χ0n) is 12.0. The fraction of sp³-hybridized carbons (Fsp3) is 0.625. The maximum atomic E-state index is 9.00. The molecule has 0 saturated heterocycles. The molecule has 1 N–H and O–H groups in total. The van der Waals surface area contributed by atoms with Crippen molar-refractivity contribution in [2.45, 2.75) is 44.3 Å². The lowest BCUT2D eigenvalue weighted by Crippen LogP contribution is -2.30. The number of aliphatic hydroxyl groups excluding tert-OH is 1. The Morgan fingerprint density at radius 3 is 2.16 bits per heavy atom. The van der Waals surface area contributed by atoms with E-state index in [1.165, 1.54) is 5.56 Å². The van der Waals surface area contributed by atoms with E-state index in [1.54, 1.807) is 14.2 Å². The Morgan fingerprint density at radius 2 is 1.58 bits per heavy atom. The van der Waals surface area contributed by atoms with Crippen molar-refractivity contribution >= 4 is 0 Å². The molecule has 0 aromatic heterocycles. The predicted molar refractivity (Wildman–Crippen MR) is 77.3 cm³/mol. The lowest BCUT2D eigenvalue weighted by Gasteiger charge is -2.24. The first kappa shape index (κ1) is 16.2. The van der Waals surface area contributed by atoms with Crippen LogP contribution >= 0.6 is 0 Å². The van der Waals surface area contributed by atoms with Gasteiger partial charge >= 0.3 is 0 Å². The third-order valence-corrected chi connectivity index (χ3v) is 3.48.